The molecule has 15 heavy (non-hydrogen) atoms. The van der Waals surface area contributed by atoms with E-state index in [0.29, 0.717) is 11.5 Å². The van der Waals surface area contributed by atoms with E-state index in [4.69, 9.17) is 5.73 Å². The maximum atomic E-state index is 11.2. The summed E-state index contributed by atoms with van der Waals surface area (Å²) in [4.78, 5) is 15.0. The molecule has 82 valence electrons. The summed E-state index contributed by atoms with van der Waals surface area (Å²) >= 11 is 0. The Morgan fingerprint density at radius 1 is 1.67 bits per heavy atom. The lowest BCUT2D eigenvalue weighted by Gasteiger charge is -2.11. The summed E-state index contributed by atoms with van der Waals surface area (Å²) in [6.45, 7) is 3.30. The van der Waals surface area contributed by atoms with Gasteiger partial charge in [-0.3, -0.25) is 4.79 Å². The van der Waals surface area contributed by atoms with Crippen LogP contribution in [-0.2, 0) is 13.1 Å². The fourth-order valence-corrected chi connectivity index (χ4v) is 1.91. The average molecular weight is 208 g/mol. The Morgan fingerprint density at radius 3 is 3.20 bits per heavy atom. The summed E-state index contributed by atoms with van der Waals surface area (Å²) in [6.07, 6.45) is 4.59. The summed E-state index contributed by atoms with van der Waals surface area (Å²) in [5, 5.41) is 3.31. The number of rotatable bonds is 3. The zero-order valence-corrected chi connectivity index (χ0v) is 8.65. The molecule has 1 aromatic rings. The molecule has 0 radical (unpaired) electrons. The first kappa shape index (κ1) is 10.3. The number of aromatic nitrogens is 2. The molecule has 1 atom stereocenters. The zero-order chi connectivity index (χ0) is 10.7. The predicted octanol–water partition coefficient (Wildman–Crippen LogP) is -0.688. The van der Waals surface area contributed by atoms with Crippen LogP contribution in [0.2, 0.25) is 0 Å². The van der Waals surface area contributed by atoms with Crippen LogP contribution >= 0.6 is 0 Å². The van der Waals surface area contributed by atoms with Gasteiger partial charge in [-0.15, -0.1) is 0 Å². The molecule has 1 aliphatic rings. The molecule has 2 heterocycles. The lowest BCUT2D eigenvalue weighted by molar-refractivity contribution is 0.473. The summed E-state index contributed by atoms with van der Waals surface area (Å²) in [5.74, 6) is 0.639. The third-order valence-electron chi connectivity index (χ3n) is 2.77. The van der Waals surface area contributed by atoms with E-state index in [9.17, 15) is 4.79 Å². The topological polar surface area (TPSA) is 72.9 Å². The first-order valence-electron chi connectivity index (χ1n) is 5.25. The van der Waals surface area contributed by atoms with E-state index in [2.05, 4.69) is 10.3 Å². The Balaban J connectivity index is 2.11. The molecule has 5 nitrogen and oxygen atoms in total. The van der Waals surface area contributed by atoms with Crippen molar-refractivity contribution in [1.29, 1.82) is 0 Å². The second-order valence-corrected chi connectivity index (χ2v) is 3.96. The maximum Gasteiger partial charge on any atom is 0.277 e. The Kier molecular flexibility index (Phi) is 3.13. The van der Waals surface area contributed by atoms with Gasteiger partial charge in [-0.05, 0) is 25.4 Å². The van der Waals surface area contributed by atoms with Gasteiger partial charge in [0.05, 0.1) is 6.33 Å². The van der Waals surface area contributed by atoms with E-state index in [-0.39, 0.29) is 12.1 Å². The second-order valence-electron chi connectivity index (χ2n) is 3.96. The third kappa shape index (κ3) is 2.43. The first-order valence-corrected chi connectivity index (χ1v) is 5.25. The lowest BCUT2D eigenvalue weighted by Crippen LogP contribution is -2.21. The summed E-state index contributed by atoms with van der Waals surface area (Å²) in [6, 6.07) is 0. The van der Waals surface area contributed by atoms with Gasteiger partial charge in [-0.25, -0.2) is 0 Å². The molecule has 1 aliphatic heterocycles. The smallest absolute Gasteiger partial charge is 0.277 e. The molecule has 0 aliphatic carbocycles. The third-order valence-corrected chi connectivity index (χ3v) is 2.77. The summed E-state index contributed by atoms with van der Waals surface area (Å²) in [7, 11) is 0. The van der Waals surface area contributed by atoms with Gasteiger partial charge in [-0.2, -0.15) is 4.98 Å². The maximum absolute atomic E-state index is 11.2. The highest BCUT2D eigenvalue weighted by atomic mass is 16.1. The average Bonchev–Trinajstić information content (AvgIpc) is 2.73. The van der Waals surface area contributed by atoms with Gasteiger partial charge in [-0.1, -0.05) is 0 Å². The quantitative estimate of drug-likeness (QED) is 0.689. The van der Waals surface area contributed by atoms with Crippen LogP contribution in [0, 0.1) is 5.92 Å². The van der Waals surface area contributed by atoms with Crippen molar-refractivity contribution in [2.24, 2.45) is 11.7 Å². The highest BCUT2D eigenvalue weighted by Gasteiger charge is 2.14. The lowest BCUT2D eigenvalue weighted by atomic mass is 10.1. The SMILES string of the molecule is NCc1cn(CC2CCNC2)cnc1=O. The summed E-state index contributed by atoms with van der Waals surface area (Å²) < 4.78 is 1.96. The molecule has 0 amide bonds. The van der Waals surface area contributed by atoms with Gasteiger partial charge >= 0.3 is 0 Å². The monoisotopic (exact) mass is 208 g/mol. The van der Waals surface area contributed by atoms with Crippen LogP contribution in [-0.4, -0.2) is 22.6 Å². The van der Waals surface area contributed by atoms with Crippen LogP contribution in [0.25, 0.3) is 0 Å². The molecule has 2 rings (SSSR count). The minimum atomic E-state index is -0.210. The van der Waals surface area contributed by atoms with Gasteiger partial charge in [0, 0.05) is 24.8 Å². The van der Waals surface area contributed by atoms with Gasteiger partial charge < -0.3 is 15.6 Å². The fraction of sp³-hybridized carbons (Fsp3) is 0.600. The van der Waals surface area contributed by atoms with Crippen LogP contribution in [0.1, 0.15) is 12.0 Å². The highest BCUT2D eigenvalue weighted by molar-refractivity contribution is 5.03. The van der Waals surface area contributed by atoms with Crippen molar-refractivity contribution in [3.8, 4) is 0 Å². The normalized spacial score (nSPS) is 20.7. The Labute approximate surface area is 88.3 Å². The van der Waals surface area contributed by atoms with Gasteiger partial charge in [0.2, 0.25) is 0 Å². The standard InChI is InChI=1S/C10H16N4O/c11-3-9-6-14(7-13-10(9)15)5-8-1-2-12-4-8/h6-8,12H,1-5,11H2. The molecule has 1 saturated heterocycles. The Morgan fingerprint density at radius 2 is 2.53 bits per heavy atom. The molecule has 5 heteroatoms. The second kappa shape index (κ2) is 4.55. The Bertz CT molecular complexity index is 381. The number of nitrogens with zero attached hydrogens (tertiary/aromatic N) is 2. The molecule has 0 bridgehead atoms. The van der Waals surface area contributed by atoms with Crippen molar-refractivity contribution >= 4 is 0 Å². The van der Waals surface area contributed by atoms with E-state index in [1.807, 2.05) is 10.8 Å². The largest absolute Gasteiger partial charge is 0.338 e. The minimum absolute atomic E-state index is 0.210. The zero-order valence-electron chi connectivity index (χ0n) is 8.65. The van der Waals surface area contributed by atoms with Crippen molar-refractivity contribution in [2.75, 3.05) is 13.1 Å². The van der Waals surface area contributed by atoms with E-state index >= 15 is 0 Å². The summed E-state index contributed by atoms with van der Waals surface area (Å²) in [5.41, 5.74) is 5.84. The van der Waals surface area contributed by atoms with Crippen LogP contribution in [0.15, 0.2) is 17.3 Å². The molecular formula is C10H16N4O. The van der Waals surface area contributed by atoms with Gasteiger partial charge in [0.1, 0.15) is 0 Å². The molecule has 1 unspecified atom stereocenters. The van der Waals surface area contributed by atoms with Crippen molar-refractivity contribution in [2.45, 2.75) is 19.5 Å². The van der Waals surface area contributed by atoms with Crippen LogP contribution in [0.5, 0.6) is 0 Å². The molecular weight excluding hydrogens is 192 g/mol. The van der Waals surface area contributed by atoms with E-state index in [1.54, 1.807) is 6.33 Å². The van der Waals surface area contributed by atoms with E-state index in [0.717, 1.165) is 19.6 Å². The van der Waals surface area contributed by atoms with Crippen molar-refractivity contribution in [3.63, 3.8) is 0 Å². The van der Waals surface area contributed by atoms with Crippen LogP contribution in [0.3, 0.4) is 0 Å². The van der Waals surface area contributed by atoms with E-state index in [1.165, 1.54) is 6.42 Å². The molecule has 0 aromatic carbocycles. The fourth-order valence-electron chi connectivity index (χ4n) is 1.91. The number of hydrogen-bond donors (Lipinski definition) is 2. The molecule has 0 saturated carbocycles. The van der Waals surface area contributed by atoms with Crippen LogP contribution < -0.4 is 16.6 Å². The van der Waals surface area contributed by atoms with Crippen molar-refractivity contribution in [1.82, 2.24) is 14.9 Å². The predicted molar refractivity (Wildman–Crippen MR) is 57.4 cm³/mol. The highest BCUT2D eigenvalue weighted by Crippen LogP contribution is 2.09. The van der Waals surface area contributed by atoms with Crippen LogP contribution in [0.4, 0.5) is 0 Å². The van der Waals surface area contributed by atoms with Gasteiger partial charge in [0.25, 0.3) is 5.56 Å². The molecule has 3 N–H and O–H groups in total. The number of nitrogens with one attached hydrogen (secondary N) is 1. The molecule has 1 aromatic heterocycles. The first-order chi connectivity index (χ1) is 7.29. The van der Waals surface area contributed by atoms with E-state index < -0.39 is 0 Å². The number of nitrogens with two attached hydrogens (primary N) is 1. The number of hydrogen-bond acceptors (Lipinski definition) is 4. The van der Waals surface area contributed by atoms with Crippen molar-refractivity contribution < 1.29 is 0 Å². The molecule has 1 fully saturated rings. The van der Waals surface area contributed by atoms with Crippen molar-refractivity contribution in [3.05, 3.63) is 28.4 Å². The minimum Gasteiger partial charge on any atom is -0.338 e. The Hall–Kier alpha value is -1.20. The van der Waals surface area contributed by atoms with Gasteiger partial charge in [0.15, 0.2) is 0 Å². The molecule has 0 spiro atoms.